The number of nitro benzene ring substituents is 1. The highest BCUT2D eigenvalue weighted by atomic mass is 16.6. The van der Waals surface area contributed by atoms with Crippen LogP contribution in [0.4, 0.5) is 17.1 Å². The molecule has 0 amide bonds. The first-order chi connectivity index (χ1) is 9.01. The molecule has 0 unspecified atom stereocenters. The fourth-order valence-electron chi connectivity index (χ4n) is 1.81. The van der Waals surface area contributed by atoms with Crippen molar-refractivity contribution in [2.24, 2.45) is 5.92 Å². The van der Waals surface area contributed by atoms with E-state index in [9.17, 15) is 15.2 Å². The van der Waals surface area contributed by atoms with Gasteiger partial charge in [0.25, 0.3) is 0 Å². The fraction of sp³-hybridized carbons (Fsp3) is 0.538. The maximum absolute atomic E-state index is 11.2. The second kappa shape index (κ2) is 6.94. The van der Waals surface area contributed by atoms with Crippen LogP contribution in [0, 0.1) is 16.0 Å². The molecule has 6 heteroatoms. The summed E-state index contributed by atoms with van der Waals surface area (Å²) >= 11 is 0. The second-order valence-corrected chi connectivity index (χ2v) is 4.67. The molecule has 106 valence electrons. The largest absolute Gasteiger partial charge is 0.394 e. The molecule has 6 nitrogen and oxygen atoms in total. The normalized spacial score (nSPS) is 12.3. The van der Waals surface area contributed by atoms with Crippen molar-refractivity contribution >= 4 is 17.1 Å². The average molecular weight is 267 g/mol. The molecule has 1 aromatic carbocycles. The zero-order valence-electron chi connectivity index (χ0n) is 11.5. The van der Waals surface area contributed by atoms with Crippen molar-refractivity contribution in [3.05, 3.63) is 28.3 Å². The molecular formula is C13H21N3O3. The summed E-state index contributed by atoms with van der Waals surface area (Å²) in [6.45, 7) is 6.33. The van der Waals surface area contributed by atoms with Crippen LogP contribution in [0.5, 0.6) is 0 Å². The van der Waals surface area contributed by atoms with Gasteiger partial charge in [0, 0.05) is 6.54 Å². The Balaban J connectivity index is 3.12. The highest BCUT2D eigenvalue weighted by molar-refractivity contribution is 5.76. The number of nitrogens with zero attached hydrogens (tertiary/aromatic N) is 1. The second-order valence-electron chi connectivity index (χ2n) is 4.67. The summed E-state index contributed by atoms with van der Waals surface area (Å²) in [5.41, 5.74) is 0.928. The monoisotopic (exact) mass is 267 g/mol. The third-order valence-corrected chi connectivity index (χ3v) is 2.93. The minimum absolute atomic E-state index is 0.0171. The molecule has 0 saturated heterocycles. The van der Waals surface area contributed by atoms with E-state index in [1.807, 2.05) is 20.8 Å². The summed E-state index contributed by atoms with van der Waals surface area (Å²) in [4.78, 5) is 10.8. The van der Waals surface area contributed by atoms with Gasteiger partial charge in [-0.2, -0.15) is 0 Å². The quantitative estimate of drug-likeness (QED) is 0.521. The Labute approximate surface area is 113 Å². The standard InChI is InChI=1S/C13H21N3O3/c1-4-14-10-6-5-7-11(13(10)16(18)19)15-12(8-17)9(2)3/h5-7,9,12,14-15,17H,4,8H2,1-3H3/t12-/m1/s1. The predicted octanol–water partition coefficient (Wildman–Crippen LogP) is 2.46. The number of anilines is 2. The van der Waals surface area contributed by atoms with Crippen molar-refractivity contribution in [1.29, 1.82) is 0 Å². The van der Waals surface area contributed by atoms with Crippen LogP contribution in [0.25, 0.3) is 0 Å². The topological polar surface area (TPSA) is 87.4 Å². The average Bonchev–Trinajstić information content (AvgIpc) is 2.35. The van der Waals surface area contributed by atoms with Gasteiger partial charge in [0.05, 0.1) is 17.6 Å². The van der Waals surface area contributed by atoms with Gasteiger partial charge in [0.2, 0.25) is 0 Å². The maximum Gasteiger partial charge on any atom is 0.315 e. The number of para-hydroxylation sites is 1. The van der Waals surface area contributed by atoms with Crippen LogP contribution in [0.15, 0.2) is 18.2 Å². The van der Waals surface area contributed by atoms with Crippen molar-refractivity contribution in [3.8, 4) is 0 Å². The molecule has 1 atom stereocenters. The highest BCUT2D eigenvalue weighted by Gasteiger charge is 2.22. The smallest absolute Gasteiger partial charge is 0.315 e. The summed E-state index contributed by atoms with van der Waals surface area (Å²) in [5, 5.41) is 26.6. The third-order valence-electron chi connectivity index (χ3n) is 2.93. The predicted molar refractivity (Wildman–Crippen MR) is 76.6 cm³/mol. The van der Waals surface area contributed by atoms with E-state index in [2.05, 4.69) is 10.6 Å². The molecule has 0 heterocycles. The number of hydrogen-bond donors (Lipinski definition) is 3. The molecule has 0 spiro atoms. The molecule has 0 radical (unpaired) electrons. The number of hydrogen-bond acceptors (Lipinski definition) is 5. The molecule has 0 aliphatic carbocycles. The van der Waals surface area contributed by atoms with Gasteiger partial charge >= 0.3 is 5.69 Å². The van der Waals surface area contributed by atoms with E-state index in [0.717, 1.165) is 0 Å². The van der Waals surface area contributed by atoms with E-state index < -0.39 is 4.92 Å². The van der Waals surface area contributed by atoms with Crippen LogP contribution in [0.3, 0.4) is 0 Å². The zero-order chi connectivity index (χ0) is 14.4. The molecule has 0 aromatic heterocycles. The molecule has 0 fully saturated rings. The van der Waals surface area contributed by atoms with Gasteiger partial charge in [-0.3, -0.25) is 10.1 Å². The van der Waals surface area contributed by atoms with E-state index >= 15 is 0 Å². The molecule has 0 bridgehead atoms. The van der Waals surface area contributed by atoms with Gasteiger partial charge in [0.15, 0.2) is 0 Å². The summed E-state index contributed by atoms with van der Waals surface area (Å²) < 4.78 is 0. The molecular weight excluding hydrogens is 246 g/mol. The number of aliphatic hydroxyl groups is 1. The molecule has 3 N–H and O–H groups in total. The van der Waals surface area contributed by atoms with Crippen LogP contribution in [-0.4, -0.2) is 29.2 Å². The van der Waals surface area contributed by atoms with Crippen LogP contribution in [0.1, 0.15) is 20.8 Å². The van der Waals surface area contributed by atoms with E-state index in [1.54, 1.807) is 18.2 Å². The minimum Gasteiger partial charge on any atom is -0.394 e. The minimum atomic E-state index is -0.408. The summed E-state index contributed by atoms with van der Waals surface area (Å²) in [6.07, 6.45) is 0. The van der Waals surface area contributed by atoms with E-state index in [1.165, 1.54) is 0 Å². The first-order valence-corrected chi connectivity index (χ1v) is 6.39. The lowest BCUT2D eigenvalue weighted by molar-refractivity contribution is -0.383. The van der Waals surface area contributed by atoms with E-state index in [-0.39, 0.29) is 24.3 Å². The molecule has 0 saturated carbocycles. The number of rotatable bonds is 7. The van der Waals surface area contributed by atoms with Crippen molar-refractivity contribution in [3.63, 3.8) is 0 Å². The van der Waals surface area contributed by atoms with Crippen molar-refractivity contribution in [2.75, 3.05) is 23.8 Å². The van der Waals surface area contributed by atoms with Gasteiger partial charge in [-0.1, -0.05) is 19.9 Å². The van der Waals surface area contributed by atoms with Crippen LogP contribution < -0.4 is 10.6 Å². The van der Waals surface area contributed by atoms with Crippen molar-refractivity contribution in [1.82, 2.24) is 0 Å². The lowest BCUT2D eigenvalue weighted by atomic mass is 10.0. The highest BCUT2D eigenvalue weighted by Crippen LogP contribution is 2.33. The Morgan fingerprint density at radius 2 is 2.00 bits per heavy atom. The summed E-state index contributed by atoms with van der Waals surface area (Å²) in [5.74, 6) is 0.174. The van der Waals surface area contributed by atoms with Crippen LogP contribution in [0.2, 0.25) is 0 Å². The lowest BCUT2D eigenvalue weighted by Gasteiger charge is -2.21. The zero-order valence-corrected chi connectivity index (χ0v) is 11.5. The first kappa shape index (κ1) is 15.2. The molecule has 0 aliphatic heterocycles. The molecule has 0 aliphatic rings. The Morgan fingerprint density at radius 1 is 1.37 bits per heavy atom. The van der Waals surface area contributed by atoms with E-state index in [4.69, 9.17) is 0 Å². The maximum atomic E-state index is 11.2. The van der Waals surface area contributed by atoms with Gasteiger partial charge in [-0.05, 0) is 25.0 Å². The van der Waals surface area contributed by atoms with Gasteiger partial charge in [0.1, 0.15) is 11.4 Å². The van der Waals surface area contributed by atoms with Crippen LogP contribution >= 0.6 is 0 Å². The van der Waals surface area contributed by atoms with Gasteiger partial charge in [-0.15, -0.1) is 0 Å². The van der Waals surface area contributed by atoms with Crippen molar-refractivity contribution < 1.29 is 10.0 Å². The number of benzene rings is 1. The Hall–Kier alpha value is -1.82. The van der Waals surface area contributed by atoms with Gasteiger partial charge < -0.3 is 15.7 Å². The lowest BCUT2D eigenvalue weighted by Crippen LogP contribution is -2.29. The molecule has 1 rings (SSSR count). The third kappa shape index (κ3) is 3.82. The molecule has 19 heavy (non-hydrogen) atoms. The number of nitrogens with one attached hydrogen (secondary N) is 2. The summed E-state index contributed by atoms with van der Waals surface area (Å²) in [6, 6.07) is 4.87. The van der Waals surface area contributed by atoms with Gasteiger partial charge in [-0.25, -0.2) is 0 Å². The Morgan fingerprint density at radius 3 is 2.47 bits per heavy atom. The fourth-order valence-corrected chi connectivity index (χ4v) is 1.81. The van der Waals surface area contributed by atoms with Crippen molar-refractivity contribution in [2.45, 2.75) is 26.8 Å². The molecule has 1 aromatic rings. The SMILES string of the molecule is CCNc1cccc(N[C@H](CO)C(C)C)c1[N+](=O)[O-]. The number of nitro groups is 1. The Bertz CT molecular complexity index is 435. The first-order valence-electron chi connectivity index (χ1n) is 6.39. The number of aliphatic hydroxyl groups excluding tert-OH is 1. The van der Waals surface area contributed by atoms with E-state index in [0.29, 0.717) is 17.9 Å². The van der Waals surface area contributed by atoms with Crippen LogP contribution in [-0.2, 0) is 0 Å². The Kier molecular flexibility index (Phi) is 5.57. The summed E-state index contributed by atoms with van der Waals surface area (Å²) in [7, 11) is 0.